The summed E-state index contributed by atoms with van der Waals surface area (Å²) in [5.41, 5.74) is 1.90. The van der Waals surface area contributed by atoms with Gasteiger partial charge in [0.25, 0.3) is 0 Å². The molecule has 0 fully saturated rings. The zero-order chi connectivity index (χ0) is 15.0. The molecule has 0 aliphatic carbocycles. The van der Waals surface area contributed by atoms with E-state index in [9.17, 15) is 4.79 Å². The minimum Gasteiger partial charge on any atom is -0.383 e. The van der Waals surface area contributed by atoms with E-state index in [0.29, 0.717) is 37.4 Å². The maximum absolute atomic E-state index is 11.7. The molecule has 1 aromatic rings. The van der Waals surface area contributed by atoms with Crippen LogP contribution in [0.25, 0.3) is 0 Å². The van der Waals surface area contributed by atoms with Crippen molar-refractivity contribution >= 4 is 11.5 Å². The van der Waals surface area contributed by atoms with Crippen LogP contribution in [0.5, 0.6) is 0 Å². The lowest BCUT2D eigenvalue weighted by Crippen LogP contribution is -2.31. The number of hydrogen-bond acceptors (Lipinski definition) is 5. The SMILES string of the molecule is COCCN(CCOC)c1cc(C#N)ccc1C(C)=O. The van der Waals surface area contributed by atoms with Crippen LogP contribution in [0.3, 0.4) is 0 Å². The van der Waals surface area contributed by atoms with E-state index >= 15 is 0 Å². The summed E-state index contributed by atoms with van der Waals surface area (Å²) in [4.78, 5) is 13.8. The molecule has 0 saturated heterocycles. The van der Waals surface area contributed by atoms with Gasteiger partial charge in [-0.15, -0.1) is 0 Å². The largest absolute Gasteiger partial charge is 0.383 e. The van der Waals surface area contributed by atoms with E-state index in [1.165, 1.54) is 6.92 Å². The Morgan fingerprint density at radius 1 is 1.25 bits per heavy atom. The van der Waals surface area contributed by atoms with Crippen LogP contribution in [0.1, 0.15) is 22.8 Å². The molecule has 5 nitrogen and oxygen atoms in total. The van der Waals surface area contributed by atoms with Crippen molar-refractivity contribution < 1.29 is 14.3 Å². The molecule has 0 aromatic heterocycles. The van der Waals surface area contributed by atoms with Crippen LogP contribution in [-0.2, 0) is 9.47 Å². The van der Waals surface area contributed by atoms with Gasteiger partial charge in [-0.2, -0.15) is 5.26 Å². The van der Waals surface area contributed by atoms with Gasteiger partial charge in [0.2, 0.25) is 0 Å². The maximum Gasteiger partial charge on any atom is 0.161 e. The van der Waals surface area contributed by atoms with E-state index in [4.69, 9.17) is 14.7 Å². The number of rotatable bonds is 8. The van der Waals surface area contributed by atoms with E-state index in [1.54, 1.807) is 32.4 Å². The average molecular weight is 276 g/mol. The van der Waals surface area contributed by atoms with E-state index in [-0.39, 0.29) is 5.78 Å². The van der Waals surface area contributed by atoms with Gasteiger partial charge in [0.1, 0.15) is 0 Å². The molecule has 0 aliphatic rings. The Bertz CT molecular complexity index is 486. The van der Waals surface area contributed by atoms with E-state index in [2.05, 4.69) is 6.07 Å². The topological polar surface area (TPSA) is 62.6 Å². The minimum atomic E-state index is -0.0238. The first-order valence-electron chi connectivity index (χ1n) is 6.42. The Balaban J connectivity index is 3.13. The number of ketones is 1. The third-order valence-electron chi connectivity index (χ3n) is 2.98. The zero-order valence-electron chi connectivity index (χ0n) is 12.2. The van der Waals surface area contributed by atoms with Gasteiger partial charge in [0, 0.05) is 38.6 Å². The second-order valence-electron chi connectivity index (χ2n) is 4.37. The Labute approximate surface area is 119 Å². The second-order valence-corrected chi connectivity index (χ2v) is 4.37. The van der Waals surface area contributed by atoms with E-state index in [0.717, 1.165) is 5.69 Å². The lowest BCUT2D eigenvalue weighted by Gasteiger charge is -2.26. The molecule has 0 unspecified atom stereocenters. The number of nitrogens with zero attached hydrogens (tertiary/aromatic N) is 2. The van der Waals surface area contributed by atoms with Gasteiger partial charge in [-0.3, -0.25) is 4.79 Å². The molecule has 0 aliphatic heterocycles. The van der Waals surface area contributed by atoms with Gasteiger partial charge in [-0.05, 0) is 25.1 Å². The summed E-state index contributed by atoms with van der Waals surface area (Å²) in [6.45, 7) is 3.87. The lowest BCUT2D eigenvalue weighted by molar-refractivity contribution is 0.101. The fourth-order valence-corrected chi connectivity index (χ4v) is 1.92. The molecule has 1 aromatic carbocycles. The van der Waals surface area contributed by atoms with Gasteiger partial charge in [-0.25, -0.2) is 0 Å². The van der Waals surface area contributed by atoms with Crippen molar-refractivity contribution in [1.29, 1.82) is 5.26 Å². The predicted molar refractivity (Wildman–Crippen MR) is 77.1 cm³/mol. The number of ether oxygens (including phenoxy) is 2. The summed E-state index contributed by atoms with van der Waals surface area (Å²) in [7, 11) is 3.26. The van der Waals surface area contributed by atoms with Crippen molar-refractivity contribution in [2.24, 2.45) is 0 Å². The molecule has 0 N–H and O–H groups in total. The fraction of sp³-hybridized carbons (Fsp3) is 0.467. The Morgan fingerprint density at radius 2 is 1.85 bits per heavy atom. The maximum atomic E-state index is 11.7. The van der Waals surface area contributed by atoms with Crippen LogP contribution >= 0.6 is 0 Å². The van der Waals surface area contributed by atoms with Crippen molar-refractivity contribution in [3.8, 4) is 6.07 Å². The summed E-state index contributed by atoms with van der Waals surface area (Å²) in [5.74, 6) is -0.0238. The van der Waals surface area contributed by atoms with Gasteiger partial charge < -0.3 is 14.4 Å². The summed E-state index contributed by atoms with van der Waals surface area (Å²) >= 11 is 0. The fourth-order valence-electron chi connectivity index (χ4n) is 1.92. The predicted octanol–water partition coefficient (Wildman–Crippen LogP) is 1.86. The zero-order valence-corrected chi connectivity index (χ0v) is 12.2. The molecule has 0 bridgehead atoms. The first kappa shape index (κ1) is 16.2. The molecule has 0 radical (unpaired) electrons. The van der Waals surface area contributed by atoms with Gasteiger partial charge in [-0.1, -0.05) is 0 Å². The Morgan fingerprint density at radius 3 is 2.30 bits per heavy atom. The van der Waals surface area contributed by atoms with Crippen molar-refractivity contribution in [2.75, 3.05) is 45.4 Å². The van der Waals surface area contributed by atoms with E-state index < -0.39 is 0 Å². The van der Waals surface area contributed by atoms with Gasteiger partial charge in [0.05, 0.1) is 24.8 Å². The summed E-state index contributed by atoms with van der Waals surface area (Å²) in [5, 5.41) is 9.02. The average Bonchev–Trinajstić information content (AvgIpc) is 2.46. The van der Waals surface area contributed by atoms with Crippen LogP contribution in [-0.4, -0.2) is 46.3 Å². The van der Waals surface area contributed by atoms with E-state index in [1.807, 2.05) is 4.90 Å². The van der Waals surface area contributed by atoms with Crippen molar-refractivity contribution in [3.05, 3.63) is 29.3 Å². The molecule has 5 heteroatoms. The number of nitriles is 1. The highest BCUT2D eigenvalue weighted by molar-refractivity contribution is 6.00. The highest BCUT2D eigenvalue weighted by Gasteiger charge is 2.15. The van der Waals surface area contributed by atoms with Crippen molar-refractivity contribution in [2.45, 2.75) is 6.92 Å². The first-order valence-corrected chi connectivity index (χ1v) is 6.42. The summed E-state index contributed by atoms with van der Waals surface area (Å²) < 4.78 is 10.2. The van der Waals surface area contributed by atoms with Crippen LogP contribution in [0.4, 0.5) is 5.69 Å². The molecule has 0 amide bonds. The summed E-state index contributed by atoms with van der Waals surface area (Å²) in [6.07, 6.45) is 0. The molecule has 0 heterocycles. The van der Waals surface area contributed by atoms with Crippen molar-refractivity contribution in [1.82, 2.24) is 0 Å². The standard InChI is InChI=1S/C15H20N2O3/c1-12(18)14-5-4-13(11-16)10-15(14)17(6-8-19-2)7-9-20-3/h4-5,10H,6-9H2,1-3H3. The number of Topliss-reactive ketones (excluding diaryl/α,β-unsaturated/α-hetero) is 1. The monoisotopic (exact) mass is 276 g/mol. The quantitative estimate of drug-likeness (QED) is 0.678. The number of hydrogen-bond donors (Lipinski definition) is 0. The number of carbonyl (C=O) groups excluding carboxylic acids is 1. The first-order chi connectivity index (χ1) is 9.63. The summed E-state index contributed by atoms with van der Waals surface area (Å²) in [6, 6.07) is 7.19. The third-order valence-corrected chi connectivity index (χ3v) is 2.98. The molecular formula is C15H20N2O3. The number of methoxy groups -OCH3 is 2. The molecule has 108 valence electrons. The van der Waals surface area contributed by atoms with Crippen LogP contribution in [0.15, 0.2) is 18.2 Å². The number of carbonyl (C=O) groups is 1. The van der Waals surface area contributed by atoms with Crippen LogP contribution in [0, 0.1) is 11.3 Å². The van der Waals surface area contributed by atoms with Crippen LogP contribution < -0.4 is 4.90 Å². The Hall–Kier alpha value is -1.90. The smallest absolute Gasteiger partial charge is 0.161 e. The second kappa shape index (κ2) is 8.31. The molecule has 1 rings (SSSR count). The molecule has 0 saturated carbocycles. The minimum absolute atomic E-state index is 0.0238. The highest BCUT2D eigenvalue weighted by Crippen LogP contribution is 2.23. The molecule has 0 atom stereocenters. The van der Waals surface area contributed by atoms with Crippen LogP contribution in [0.2, 0.25) is 0 Å². The number of anilines is 1. The molecule has 20 heavy (non-hydrogen) atoms. The highest BCUT2D eigenvalue weighted by atomic mass is 16.5. The van der Waals surface area contributed by atoms with Gasteiger partial charge >= 0.3 is 0 Å². The normalized spacial score (nSPS) is 10.1. The third kappa shape index (κ3) is 4.34. The van der Waals surface area contributed by atoms with Crippen molar-refractivity contribution in [3.63, 3.8) is 0 Å². The molecule has 0 spiro atoms. The molecular weight excluding hydrogens is 256 g/mol. The lowest BCUT2D eigenvalue weighted by atomic mass is 10.1. The number of benzene rings is 1. The van der Waals surface area contributed by atoms with Gasteiger partial charge in [0.15, 0.2) is 5.78 Å². The Kier molecular flexibility index (Phi) is 6.71.